The zero-order valence-corrected chi connectivity index (χ0v) is 16.8. The molecule has 0 spiro atoms. The van der Waals surface area contributed by atoms with Gasteiger partial charge in [0.2, 0.25) is 5.91 Å². The molecule has 0 radical (unpaired) electrons. The van der Waals surface area contributed by atoms with Crippen molar-refractivity contribution in [2.75, 3.05) is 32.7 Å². The summed E-state index contributed by atoms with van der Waals surface area (Å²) in [5.74, 6) is 0.0124. The maximum Gasteiger partial charge on any atom is 0.251 e. The van der Waals surface area contributed by atoms with E-state index in [0.29, 0.717) is 18.5 Å². The number of hydrogen-bond acceptors (Lipinski definition) is 2. The monoisotopic (exact) mass is 380 g/mol. The largest absolute Gasteiger partial charge is 0.352 e. The molecule has 2 aromatic rings. The first-order chi connectivity index (χ1) is 13.5. The van der Waals surface area contributed by atoms with E-state index in [9.17, 15) is 9.59 Å². The third kappa shape index (κ3) is 5.20. The summed E-state index contributed by atoms with van der Waals surface area (Å²) in [5, 5.41) is 2.87. The molecule has 1 heterocycles. The van der Waals surface area contributed by atoms with Gasteiger partial charge in [0.25, 0.3) is 5.91 Å². The minimum atomic E-state index is -0.113. The molecule has 3 rings (SSSR count). The summed E-state index contributed by atoms with van der Waals surface area (Å²) in [4.78, 5) is 28.1. The van der Waals surface area contributed by atoms with Crippen LogP contribution in [0.4, 0.5) is 0 Å². The smallest absolute Gasteiger partial charge is 0.251 e. The van der Waals surface area contributed by atoms with Crippen LogP contribution >= 0.6 is 0 Å². The lowest BCUT2D eigenvalue weighted by molar-refractivity contribution is -0.917. The molecule has 28 heavy (non-hydrogen) atoms. The van der Waals surface area contributed by atoms with Crippen LogP contribution in [0.1, 0.15) is 33.5 Å². The number of quaternary nitrogens is 1. The Kier molecular flexibility index (Phi) is 6.82. The highest BCUT2D eigenvalue weighted by atomic mass is 16.2. The molecule has 1 fully saturated rings. The summed E-state index contributed by atoms with van der Waals surface area (Å²) in [6, 6.07) is 16.0. The van der Waals surface area contributed by atoms with E-state index in [2.05, 4.69) is 36.5 Å². The molecule has 0 aliphatic carbocycles. The summed E-state index contributed by atoms with van der Waals surface area (Å²) in [6.07, 6.45) is 0.352. The molecule has 2 amide bonds. The van der Waals surface area contributed by atoms with E-state index in [0.717, 1.165) is 38.3 Å². The van der Waals surface area contributed by atoms with Crippen LogP contribution in [0.2, 0.25) is 0 Å². The predicted octanol–water partition coefficient (Wildman–Crippen LogP) is 1.35. The number of nitrogens with zero attached hydrogens (tertiary/aromatic N) is 1. The molecular weight excluding hydrogens is 350 g/mol. The first-order valence-corrected chi connectivity index (χ1v) is 10.0. The summed E-state index contributed by atoms with van der Waals surface area (Å²) >= 11 is 0. The Bertz CT molecular complexity index is 826. The first-order valence-electron chi connectivity index (χ1n) is 10.0. The van der Waals surface area contributed by atoms with Gasteiger partial charge in [0, 0.05) is 24.1 Å². The molecule has 5 heteroatoms. The summed E-state index contributed by atoms with van der Waals surface area (Å²) in [6.45, 7) is 8.96. The number of nitrogens with one attached hydrogen (secondary N) is 2. The number of hydrogen-bond donors (Lipinski definition) is 2. The Hall–Kier alpha value is -2.66. The van der Waals surface area contributed by atoms with E-state index >= 15 is 0 Å². The van der Waals surface area contributed by atoms with Crippen LogP contribution in [0, 0.1) is 13.8 Å². The Labute approximate surface area is 167 Å². The fourth-order valence-corrected chi connectivity index (χ4v) is 3.69. The quantitative estimate of drug-likeness (QED) is 0.795. The summed E-state index contributed by atoms with van der Waals surface area (Å²) in [5.41, 5.74) is 4.33. The van der Waals surface area contributed by atoms with E-state index in [1.165, 1.54) is 16.0 Å². The number of amides is 2. The van der Waals surface area contributed by atoms with Crippen LogP contribution in [0.3, 0.4) is 0 Å². The van der Waals surface area contributed by atoms with Crippen molar-refractivity contribution >= 4 is 11.8 Å². The minimum Gasteiger partial charge on any atom is -0.352 e. The van der Waals surface area contributed by atoms with Gasteiger partial charge in [-0.1, -0.05) is 42.5 Å². The Balaban J connectivity index is 1.40. The Morgan fingerprint density at radius 2 is 1.61 bits per heavy atom. The predicted molar refractivity (Wildman–Crippen MR) is 110 cm³/mol. The molecule has 5 nitrogen and oxygen atoms in total. The third-order valence-electron chi connectivity index (χ3n) is 5.54. The van der Waals surface area contributed by atoms with Gasteiger partial charge in [-0.2, -0.15) is 0 Å². The van der Waals surface area contributed by atoms with Crippen molar-refractivity contribution < 1.29 is 14.5 Å². The van der Waals surface area contributed by atoms with Gasteiger partial charge in [0.15, 0.2) is 0 Å². The van der Waals surface area contributed by atoms with Crippen LogP contribution in [0.25, 0.3) is 0 Å². The lowest BCUT2D eigenvalue weighted by Crippen LogP contribution is -3.13. The van der Waals surface area contributed by atoms with Crippen LogP contribution < -0.4 is 10.2 Å². The van der Waals surface area contributed by atoms with Crippen LogP contribution in [-0.2, 0) is 11.3 Å². The van der Waals surface area contributed by atoms with Gasteiger partial charge < -0.3 is 15.1 Å². The molecular formula is C23H30N3O2+. The number of piperazine rings is 1. The van der Waals surface area contributed by atoms with Crippen molar-refractivity contribution in [1.82, 2.24) is 10.2 Å². The number of aryl methyl sites for hydroxylation is 2. The zero-order chi connectivity index (χ0) is 19.9. The van der Waals surface area contributed by atoms with Crippen LogP contribution in [0.15, 0.2) is 48.5 Å². The molecule has 0 atom stereocenters. The van der Waals surface area contributed by atoms with Crippen molar-refractivity contribution in [3.05, 3.63) is 70.8 Å². The topological polar surface area (TPSA) is 53.9 Å². The molecule has 1 aliphatic rings. The van der Waals surface area contributed by atoms with Crippen LogP contribution in [0.5, 0.6) is 0 Å². The highest BCUT2D eigenvalue weighted by Gasteiger charge is 2.23. The maximum atomic E-state index is 12.5. The molecule has 0 unspecified atom stereocenters. The fraction of sp³-hybridized carbons (Fsp3) is 0.391. The third-order valence-corrected chi connectivity index (χ3v) is 5.54. The van der Waals surface area contributed by atoms with E-state index in [-0.39, 0.29) is 11.8 Å². The zero-order valence-electron chi connectivity index (χ0n) is 16.8. The van der Waals surface area contributed by atoms with Crippen molar-refractivity contribution in [3.63, 3.8) is 0 Å². The molecule has 0 saturated carbocycles. The minimum absolute atomic E-state index is 0.113. The molecule has 2 N–H and O–H groups in total. The van der Waals surface area contributed by atoms with E-state index < -0.39 is 0 Å². The second kappa shape index (κ2) is 9.51. The molecule has 0 bridgehead atoms. The number of benzene rings is 2. The van der Waals surface area contributed by atoms with Gasteiger partial charge in [0.1, 0.15) is 6.54 Å². The normalized spacial score (nSPS) is 14.7. The number of carbonyl (C=O) groups excluding carboxylic acids is 2. The van der Waals surface area contributed by atoms with E-state index in [1.54, 1.807) is 0 Å². The Morgan fingerprint density at radius 1 is 0.964 bits per heavy atom. The second-order valence-electron chi connectivity index (χ2n) is 7.55. The van der Waals surface area contributed by atoms with Gasteiger partial charge >= 0.3 is 0 Å². The van der Waals surface area contributed by atoms with Gasteiger partial charge in [-0.15, -0.1) is 0 Å². The Morgan fingerprint density at radius 3 is 2.29 bits per heavy atom. The first kappa shape index (κ1) is 20.1. The molecule has 1 aliphatic heterocycles. The lowest BCUT2D eigenvalue weighted by Gasteiger charge is -2.32. The summed E-state index contributed by atoms with van der Waals surface area (Å²) in [7, 11) is 0. The van der Waals surface area contributed by atoms with Gasteiger partial charge in [-0.3, -0.25) is 9.59 Å². The number of rotatable bonds is 6. The highest BCUT2D eigenvalue weighted by Crippen LogP contribution is 2.07. The molecule has 0 aromatic heterocycles. The number of carbonyl (C=O) groups is 2. The van der Waals surface area contributed by atoms with Crippen molar-refractivity contribution in [3.8, 4) is 0 Å². The fourth-order valence-electron chi connectivity index (χ4n) is 3.69. The summed E-state index contributed by atoms with van der Waals surface area (Å²) < 4.78 is 0. The van der Waals surface area contributed by atoms with E-state index in [1.807, 2.05) is 36.1 Å². The highest BCUT2D eigenvalue weighted by molar-refractivity contribution is 5.95. The second-order valence-corrected chi connectivity index (χ2v) is 7.55. The van der Waals surface area contributed by atoms with Gasteiger partial charge in [-0.25, -0.2) is 0 Å². The van der Waals surface area contributed by atoms with E-state index in [4.69, 9.17) is 0 Å². The SMILES string of the molecule is Cc1ccccc1C[NH+]1CCN(C(=O)CCNC(=O)c2ccccc2C)CC1. The molecule has 148 valence electrons. The maximum absolute atomic E-state index is 12.5. The van der Waals surface area contributed by atoms with Crippen molar-refractivity contribution in [2.45, 2.75) is 26.8 Å². The standard InChI is InChI=1S/C23H29N3O2/c1-18-7-3-5-9-20(18)17-25-13-15-26(16-14-25)22(27)11-12-24-23(28)21-10-6-4-8-19(21)2/h3-10H,11-17H2,1-2H3,(H,24,28)/p+1. The average Bonchev–Trinajstić information content (AvgIpc) is 2.70. The van der Waals surface area contributed by atoms with Crippen molar-refractivity contribution in [1.29, 1.82) is 0 Å². The molecule has 1 saturated heterocycles. The van der Waals surface area contributed by atoms with Gasteiger partial charge in [-0.05, 0) is 31.0 Å². The van der Waals surface area contributed by atoms with Crippen molar-refractivity contribution in [2.24, 2.45) is 0 Å². The lowest BCUT2D eigenvalue weighted by atomic mass is 10.1. The van der Waals surface area contributed by atoms with Gasteiger partial charge in [0.05, 0.1) is 26.2 Å². The molecule has 2 aromatic carbocycles. The van der Waals surface area contributed by atoms with Crippen LogP contribution in [-0.4, -0.2) is 49.4 Å². The average molecular weight is 381 g/mol.